The molecular weight excluding hydrogens is 216 g/mol. The lowest BCUT2D eigenvalue weighted by molar-refractivity contribution is -0.131. The van der Waals surface area contributed by atoms with Crippen LogP contribution in [-0.4, -0.2) is 22.3 Å². The van der Waals surface area contributed by atoms with Gasteiger partial charge in [0.15, 0.2) is 0 Å². The van der Waals surface area contributed by atoms with Crippen molar-refractivity contribution in [1.29, 1.82) is 0 Å². The monoisotopic (exact) mass is 234 g/mol. The smallest absolute Gasteiger partial charge is 0.222 e. The second-order valence-corrected chi connectivity index (χ2v) is 4.32. The Bertz CT molecular complexity index is 394. The number of pyridine rings is 1. The normalized spacial score (nSPS) is 16.8. The SMILES string of the molecule is NNc1cc(CN2CCCCCC2=O)ccn1. The van der Waals surface area contributed by atoms with E-state index in [9.17, 15) is 4.79 Å². The van der Waals surface area contributed by atoms with E-state index in [1.165, 1.54) is 0 Å². The number of hydrogen-bond acceptors (Lipinski definition) is 4. The van der Waals surface area contributed by atoms with Crippen molar-refractivity contribution in [3.63, 3.8) is 0 Å². The average molecular weight is 234 g/mol. The van der Waals surface area contributed by atoms with E-state index >= 15 is 0 Å². The molecule has 0 aromatic carbocycles. The number of carbonyl (C=O) groups is 1. The molecule has 0 bridgehead atoms. The molecule has 0 radical (unpaired) electrons. The van der Waals surface area contributed by atoms with E-state index in [0.29, 0.717) is 18.8 Å². The third-order valence-corrected chi connectivity index (χ3v) is 3.02. The van der Waals surface area contributed by atoms with Crippen molar-refractivity contribution in [3.05, 3.63) is 23.9 Å². The third kappa shape index (κ3) is 3.17. The highest BCUT2D eigenvalue weighted by molar-refractivity contribution is 5.76. The lowest BCUT2D eigenvalue weighted by atomic mass is 10.2. The fourth-order valence-electron chi connectivity index (χ4n) is 2.08. The summed E-state index contributed by atoms with van der Waals surface area (Å²) in [5.74, 6) is 6.19. The molecule has 1 amide bonds. The molecule has 0 unspecified atom stereocenters. The number of aromatic nitrogens is 1. The summed E-state index contributed by atoms with van der Waals surface area (Å²) in [4.78, 5) is 17.8. The Balaban J connectivity index is 2.05. The van der Waals surface area contributed by atoms with Gasteiger partial charge in [-0.1, -0.05) is 6.42 Å². The summed E-state index contributed by atoms with van der Waals surface area (Å²) in [6.07, 6.45) is 5.63. The van der Waals surface area contributed by atoms with Crippen LogP contribution in [0, 0.1) is 0 Å². The van der Waals surface area contributed by atoms with Gasteiger partial charge in [-0.15, -0.1) is 0 Å². The van der Waals surface area contributed by atoms with Gasteiger partial charge in [-0.2, -0.15) is 0 Å². The van der Waals surface area contributed by atoms with E-state index in [2.05, 4.69) is 10.4 Å². The molecule has 0 aliphatic carbocycles. The second-order valence-electron chi connectivity index (χ2n) is 4.32. The minimum atomic E-state index is 0.251. The van der Waals surface area contributed by atoms with Gasteiger partial charge >= 0.3 is 0 Å². The lowest BCUT2D eigenvalue weighted by Crippen LogP contribution is -2.29. The van der Waals surface area contributed by atoms with Gasteiger partial charge in [0.1, 0.15) is 5.82 Å². The number of likely N-dealkylation sites (tertiary alicyclic amines) is 1. The molecule has 1 fully saturated rings. The molecule has 1 aliphatic rings. The van der Waals surface area contributed by atoms with Gasteiger partial charge in [0.05, 0.1) is 0 Å². The van der Waals surface area contributed by atoms with Gasteiger partial charge < -0.3 is 10.3 Å². The predicted molar refractivity (Wildman–Crippen MR) is 65.9 cm³/mol. The molecule has 3 N–H and O–H groups in total. The molecule has 1 aromatic heterocycles. The van der Waals surface area contributed by atoms with Crippen LogP contribution < -0.4 is 11.3 Å². The summed E-state index contributed by atoms with van der Waals surface area (Å²) in [5, 5.41) is 0. The highest BCUT2D eigenvalue weighted by Gasteiger charge is 2.16. The van der Waals surface area contributed by atoms with Crippen LogP contribution in [-0.2, 0) is 11.3 Å². The van der Waals surface area contributed by atoms with Crippen LogP contribution in [0.5, 0.6) is 0 Å². The first-order valence-corrected chi connectivity index (χ1v) is 5.99. The fourth-order valence-corrected chi connectivity index (χ4v) is 2.08. The zero-order valence-electron chi connectivity index (χ0n) is 9.85. The van der Waals surface area contributed by atoms with Crippen molar-refractivity contribution in [3.8, 4) is 0 Å². The molecule has 0 atom stereocenters. The lowest BCUT2D eigenvalue weighted by Gasteiger charge is -2.20. The molecule has 1 aliphatic heterocycles. The van der Waals surface area contributed by atoms with E-state index in [1.807, 2.05) is 17.0 Å². The highest BCUT2D eigenvalue weighted by atomic mass is 16.2. The Morgan fingerprint density at radius 2 is 2.29 bits per heavy atom. The molecule has 1 saturated heterocycles. The van der Waals surface area contributed by atoms with Crippen LogP contribution in [0.4, 0.5) is 5.82 Å². The van der Waals surface area contributed by atoms with Crippen molar-refractivity contribution in [2.24, 2.45) is 5.84 Å². The van der Waals surface area contributed by atoms with Crippen molar-refractivity contribution < 1.29 is 4.79 Å². The first-order valence-electron chi connectivity index (χ1n) is 5.99. The standard InChI is InChI=1S/C12H18N4O/c13-15-11-8-10(5-6-14-11)9-16-7-3-1-2-4-12(16)17/h5-6,8H,1-4,7,9,13H2,(H,14,15). The maximum Gasteiger partial charge on any atom is 0.222 e. The number of anilines is 1. The minimum Gasteiger partial charge on any atom is -0.338 e. The van der Waals surface area contributed by atoms with E-state index < -0.39 is 0 Å². The summed E-state index contributed by atoms with van der Waals surface area (Å²) < 4.78 is 0. The Kier molecular flexibility index (Phi) is 3.93. The zero-order valence-corrected chi connectivity index (χ0v) is 9.85. The molecule has 17 heavy (non-hydrogen) atoms. The molecule has 2 rings (SSSR count). The molecule has 0 spiro atoms. The number of rotatable bonds is 3. The van der Waals surface area contributed by atoms with Crippen LogP contribution in [0.25, 0.3) is 0 Å². The van der Waals surface area contributed by atoms with Crippen molar-refractivity contribution in [2.75, 3.05) is 12.0 Å². The number of hydrazine groups is 1. The van der Waals surface area contributed by atoms with Crippen molar-refractivity contribution in [1.82, 2.24) is 9.88 Å². The topological polar surface area (TPSA) is 71.2 Å². The molecule has 5 nitrogen and oxygen atoms in total. The maximum absolute atomic E-state index is 11.8. The van der Waals surface area contributed by atoms with Crippen LogP contribution in [0.15, 0.2) is 18.3 Å². The van der Waals surface area contributed by atoms with E-state index in [-0.39, 0.29) is 5.91 Å². The molecule has 92 valence electrons. The number of nitrogens with one attached hydrogen (secondary N) is 1. The maximum atomic E-state index is 11.8. The molecule has 0 saturated carbocycles. The van der Waals surface area contributed by atoms with Gasteiger partial charge in [-0.25, -0.2) is 10.8 Å². The summed E-state index contributed by atoms with van der Waals surface area (Å²) in [6.45, 7) is 1.50. The quantitative estimate of drug-likeness (QED) is 0.610. The summed E-state index contributed by atoms with van der Waals surface area (Å²) in [7, 11) is 0. The van der Waals surface area contributed by atoms with Gasteiger partial charge in [0.25, 0.3) is 0 Å². The number of nitrogen functional groups attached to an aromatic ring is 1. The summed E-state index contributed by atoms with van der Waals surface area (Å²) in [5.41, 5.74) is 3.57. The largest absolute Gasteiger partial charge is 0.338 e. The van der Waals surface area contributed by atoms with Crippen LogP contribution in [0.2, 0.25) is 0 Å². The van der Waals surface area contributed by atoms with Gasteiger partial charge in [-0.3, -0.25) is 4.79 Å². The van der Waals surface area contributed by atoms with Crippen LogP contribution >= 0.6 is 0 Å². The molecule has 2 heterocycles. The minimum absolute atomic E-state index is 0.251. The van der Waals surface area contributed by atoms with Crippen LogP contribution in [0.3, 0.4) is 0 Å². The molecule has 5 heteroatoms. The molecule has 1 aromatic rings. The van der Waals surface area contributed by atoms with Crippen molar-refractivity contribution in [2.45, 2.75) is 32.2 Å². The van der Waals surface area contributed by atoms with Gasteiger partial charge in [0, 0.05) is 25.7 Å². The average Bonchev–Trinajstić information content (AvgIpc) is 2.55. The predicted octanol–water partition coefficient (Wildman–Crippen LogP) is 1.27. The van der Waals surface area contributed by atoms with E-state index in [1.54, 1.807) is 6.20 Å². The second kappa shape index (κ2) is 5.63. The zero-order chi connectivity index (χ0) is 12.1. The number of amides is 1. The summed E-state index contributed by atoms with van der Waals surface area (Å²) in [6, 6.07) is 3.79. The first-order chi connectivity index (χ1) is 8.29. The number of carbonyl (C=O) groups excluding carboxylic acids is 1. The van der Waals surface area contributed by atoms with Crippen molar-refractivity contribution >= 4 is 11.7 Å². The number of nitrogens with two attached hydrogens (primary N) is 1. The van der Waals surface area contributed by atoms with Gasteiger partial charge in [0.2, 0.25) is 5.91 Å². The number of hydrogen-bond donors (Lipinski definition) is 2. The Hall–Kier alpha value is -1.62. The van der Waals surface area contributed by atoms with E-state index in [0.717, 1.165) is 31.4 Å². The Morgan fingerprint density at radius 1 is 1.41 bits per heavy atom. The highest BCUT2D eigenvalue weighted by Crippen LogP contribution is 2.15. The van der Waals surface area contributed by atoms with E-state index in [4.69, 9.17) is 5.84 Å². The number of nitrogens with zero attached hydrogens (tertiary/aromatic N) is 2. The summed E-state index contributed by atoms with van der Waals surface area (Å²) >= 11 is 0. The first kappa shape index (κ1) is 11.9. The Labute approximate surface area is 101 Å². The molecular formula is C12H18N4O. The van der Waals surface area contributed by atoms with Gasteiger partial charge in [-0.05, 0) is 30.5 Å². The third-order valence-electron chi connectivity index (χ3n) is 3.02. The fraction of sp³-hybridized carbons (Fsp3) is 0.500. The van der Waals surface area contributed by atoms with Crippen LogP contribution in [0.1, 0.15) is 31.2 Å². The Morgan fingerprint density at radius 3 is 3.12 bits per heavy atom.